The maximum Gasteiger partial charge on any atom is 0.0880 e. The van der Waals surface area contributed by atoms with Crippen LogP contribution in [-0.4, -0.2) is 18.1 Å². The van der Waals surface area contributed by atoms with Gasteiger partial charge in [-0.05, 0) is 24.3 Å². The van der Waals surface area contributed by atoms with Crippen LogP contribution in [0.3, 0.4) is 0 Å². The van der Waals surface area contributed by atoms with E-state index in [1.54, 1.807) is 0 Å². The first kappa shape index (κ1) is 9.89. The van der Waals surface area contributed by atoms with Crippen LogP contribution in [0.5, 0.6) is 0 Å². The summed E-state index contributed by atoms with van der Waals surface area (Å²) in [6, 6.07) is 0. The molecular formula is C8H16OS. The molecule has 0 aliphatic heterocycles. The fraction of sp³-hybridized carbons (Fsp3) is 0.750. The van der Waals surface area contributed by atoms with Gasteiger partial charge < -0.3 is 4.74 Å². The van der Waals surface area contributed by atoms with E-state index in [1.807, 2.05) is 11.8 Å². The van der Waals surface area contributed by atoms with Gasteiger partial charge in [-0.2, -0.15) is 11.8 Å². The number of ether oxygens (including phenoxy) is 1. The van der Waals surface area contributed by atoms with Gasteiger partial charge in [-0.1, -0.05) is 13.5 Å². The van der Waals surface area contributed by atoms with E-state index >= 15 is 0 Å². The molecule has 0 aromatic heterocycles. The summed E-state index contributed by atoms with van der Waals surface area (Å²) >= 11 is 1.99. The van der Waals surface area contributed by atoms with Gasteiger partial charge in [-0.25, -0.2) is 0 Å². The first-order valence-corrected chi connectivity index (χ1v) is 4.87. The number of hydrogen-bond acceptors (Lipinski definition) is 2. The summed E-state index contributed by atoms with van der Waals surface area (Å²) < 4.78 is 4.96. The van der Waals surface area contributed by atoms with Crippen LogP contribution >= 0.6 is 11.8 Å². The lowest BCUT2D eigenvalue weighted by Gasteiger charge is -1.99. The summed E-state index contributed by atoms with van der Waals surface area (Å²) in [5, 5.41) is 0. The molecule has 1 nitrogen and oxygen atoms in total. The third-order valence-corrected chi connectivity index (χ3v) is 2.29. The summed E-state index contributed by atoms with van der Waals surface area (Å²) in [5.74, 6) is 2.48. The Balaban J connectivity index is 2.70. The monoisotopic (exact) mass is 160 g/mol. The normalized spacial score (nSPS) is 9.30. The second-order valence-electron chi connectivity index (χ2n) is 2.00. The summed E-state index contributed by atoms with van der Waals surface area (Å²) in [5.41, 5.74) is 0. The van der Waals surface area contributed by atoms with E-state index in [2.05, 4.69) is 13.5 Å². The Hall–Kier alpha value is -0.110. The Morgan fingerprint density at radius 1 is 1.50 bits per heavy atom. The minimum Gasteiger partial charge on any atom is -0.502 e. The van der Waals surface area contributed by atoms with Crippen molar-refractivity contribution in [3.63, 3.8) is 0 Å². The van der Waals surface area contributed by atoms with Crippen LogP contribution in [0, 0.1) is 0 Å². The Kier molecular flexibility index (Phi) is 8.79. The van der Waals surface area contributed by atoms with Gasteiger partial charge in [0.25, 0.3) is 0 Å². The van der Waals surface area contributed by atoms with Crippen molar-refractivity contribution in [2.45, 2.75) is 19.8 Å². The maximum absolute atomic E-state index is 4.96. The molecule has 0 saturated heterocycles. The van der Waals surface area contributed by atoms with Crippen molar-refractivity contribution in [1.82, 2.24) is 0 Å². The van der Waals surface area contributed by atoms with E-state index < -0.39 is 0 Å². The van der Waals surface area contributed by atoms with Gasteiger partial charge in [0.2, 0.25) is 0 Å². The zero-order valence-electron chi connectivity index (χ0n) is 6.64. The van der Waals surface area contributed by atoms with Gasteiger partial charge in [0.15, 0.2) is 0 Å². The molecule has 0 aromatic rings. The lowest BCUT2D eigenvalue weighted by atomic mass is 10.5. The van der Waals surface area contributed by atoms with Gasteiger partial charge >= 0.3 is 0 Å². The SMILES string of the molecule is C=COCCCSCCC. The average molecular weight is 160 g/mol. The second-order valence-corrected chi connectivity index (χ2v) is 3.23. The molecule has 0 unspecified atom stereocenters. The highest BCUT2D eigenvalue weighted by Crippen LogP contribution is 2.03. The van der Waals surface area contributed by atoms with Crippen LogP contribution in [0.1, 0.15) is 19.8 Å². The molecule has 10 heavy (non-hydrogen) atoms. The van der Waals surface area contributed by atoms with Crippen LogP contribution < -0.4 is 0 Å². The molecule has 2 heteroatoms. The molecular weight excluding hydrogens is 144 g/mol. The summed E-state index contributed by atoms with van der Waals surface area (Å²) in [4.78, 5) is 0. The van der Waals surface area contributed by atoms with Crippen molar-refractivity contribution in [3.8, 4) is 0 Å². The number of rotatable bonds is 7. The molecule has 0 N–H and O–H groups in total. The molecule has 0 aromatic carbocycles. The highest BCUT2D eigenvalue weighted by molar-refractivity contribution is 7.99. The van der Waals surface area contributed by atoms with Crippen molar-refractivity contribution in [3.05, 3.63) is 12.8 Å². The van der Waals surface area contributed by atoms with Crippen molar-refractivity contribution >= 4 is 11.8 Å². The third-order valence-electron chi connectivity index (χ3n) is 1.02. The van der Waals surface area contributed by atoms with Crippen molar-refractivity contribution in [2.24, 2.45) is 0 Å². The van der Waals surface area contributed by atoms with Crippen LogP contribution in [-0.2, 0) is 4.74 Å². The molecule has 0 bridgehead atoms. The van der Waals surface area contributed by atoms with E-state index in [0.29, 0.717) is 0 Å². The Bertz CT molecular complexity index is 73.7. The summed E-state index contributed by atoms with van der Waals surface area (Å²) in [6.45, 7) is 6.49. The molecule has 0 heterocycles. The quantitative estimate of drug-likeness (QED) is 0.418. The van der Waals surface area contributed by atoms with E-state index in [-0.39, 0.29) is 0 Å². The molecule has 0 radical (unpaired) electrons. The van der Waals surface area contributed by atoms with Gasteiger partial charge in [-0.3, -0.25) is 0 Å². The maximum atomic E-state index is 4.96. The average Bonchev–Trinajstić information content (AvgIpc) is 1.97. The molecule has 0 fully saturated rings. The highest BCUT2D eigenvalue weighted by atomic mass is 32.2. The molecule has 0 spiro atoms. The van der Waals surface area contributed by atoms with E-state index in [9.17, 15) is 0 Å². The predicted octanol–water partition coefficient (Wildman–Crippen LogP) is 2.68. The Morgan fingerprint density at radius 3 is 2.90 bits per heavy atom. The van der Waals surface area contributed by atoms with Gasteiger partial charge in [0.1, 0.15) is 0 Å². The lowest BCUT2D eigenvalue weighted by molar-refractivity contribution is 0.252. The van der Waals surface area contributed by atoms with E-state index in [0.717, 1.165) is 13.0 Å². The van der Waals surface area contributed by atoms with Gasteiger partial charge in [0, 0.05) is 0 Å². The zero-order valence-corrected chi connectivity index (χ0v) is 7.45. The van der Waals surface area contributed by atoms with Gasteiger partial charge in [0.05, 0.1) is 12.9 Å². The van der Waals surface area contributed by atoms with Crippen LogP contribution in [0.15, 0.2) is 12.8 Å². The fourth-order valence-corrected chi connectivity index (χ4v) is 1.39. The Labute approximate surface area is 67.8 Å². The summed E-state index contributed by atoms with van der Waals surface area (Å²) in [6.07, 6.45) is 3.91. The largest absolute Gasteiger partial charge is 0.502 e. The van der Waals surface area contributed by atoms with Crippen LogP contribution in [0.4, 0.5) is 0 Å². The second kappa shape index (κ2) is 8.89. The van der Waals surface area contributed by atoms with E-state index in [1.165, 1.54) is 24.2 Å². The topological polar surface area (TPSA) is 9.23 Å². The van der Waals surface area contributed by atoms with Crippen molar-refractivity contribution in [2.75, 3.05) is 18.1 Å². The molecule has 0 saturated carbocycles. The number of thioether (sulfide) groups is 1. The summed E-state index contributed by atoms with van der Waals surface area (Å²) in [7, 11) is 0. The fourth-order valence-electron chi connectivity index (χ4n) is 0.574. The lowest BCUT2D eigenvalue weighted by Crippen LogP contribution is -1.90. The van der Waals surface area contributed by atoms with Crippen molar-refractivity contribution in [1.29, 1.82) is 0 Å². The minimum atomic E-state index is 0.820. The van der Waals surface area contributed by atoms with E-state index in [4.69, 9.17) is 4.74 Å². The first-order valence-electron chi connectivity index (χ1n) is 3.72. The smallest absolute Gasteiger partial charge is 0.0880 e. The molecule has 0 aliphatic carbocycles. The minimum absolute atomic E-state index is 0.820. The standard InChI is InChI=1S/C8H16OS/c1-3-7-10-8-5-6-9-4-2/h4H,2-3,5-8H2,1H3. The first-order chi connectivity index (χ1) is 4.91. The zero-order chi connectivity index (χ0) is 7.66. The molecule has 0 rings (SSSR count). The molecule has 0 amide bonds. The third kappa shape index (κ3) is 7.89. The van der Waals surface area contributed by atoms with Crippen LogP contribution in [0.25, 0.3) is 0 Å². The molecule has 0 aliphatic rings. The predicted molar refractivity (Wildman–Crippen MR) is 48.4 cm³/mol. The highest BCUT2D eigenvalue weighted by Gasteiger charge is 1.86. The van der Waals surface area contributed by atoms with Crippen molar-refractivity contribution < 1.29 is 4.74 Å². The Morgan fingerprint density at radius 2 is 2.30 bits per heavy atom. The molecule has 0 atom stereocenters. The number of hydrogen-bond donors (Lipinski definition) is 0. The van der Waals surface area contributed by atoms with Gasteiger partial charge in [-0.15, -0.1) is 0 Å². The molecule has 60 valence electrons. The van der Waals surface area contributed by atoms with Crippen LogP contribution in [0.2, 0.25) is 0 Å².